The van der Waals surface area contributed by atoms with Crippen LogP contribution in [0.4, 0.5) is 0 Å². The van der Waals surface area contributed by atoms with E-state index in [1.165, 1.54) is 4.57 Å². The van der Waals surface area contributed by atoms with Gasteiger partial charge in [0.05, 0.1) is 12.5 Å². The number of aromatic nitrogens is 1. The van der Waals surface area contributed by atoms with Crippen LogP contribution in [0.5, 0.6) is 0 Å². The molecule has 1 amide bonds. The minimum Gasteiger partial charge on any atom is -0.481 e. The number of nitrogens with zero attached hydrogens (tertiary/aromatic N) is 1. The summed E-state index contributed by atoms with van der Waals surface area (Å²) in [6, 6.07) is 27.6. The van der Waals surface area contributed by atoms with Crippen LogP contribution in [0.2, 0.25) is 0 Å². The van der Waals surface area contributed by atoms with Crippen molar-refractivity contribution in [3.05, 3.63) is 130 Å². The highest BCUT2D eigenvalue weighted by Gasteiger charge is 2.26. The Morgan fingerprint density at radius 1 is 0.900 bits per heavy atom. The summed E-state index contributed by atoms with van der Waals surface area (Å²) < 4.78 is 1.54. The lowest BCUT2D eigenvalue weighted by atomic mass is 9.98. The number of aliphatic carboxylic acids is 1. The Hall–Kier alpha value is -4.45. The lowest BCUT2D eigenvalue weighted by molar-refractivity contribution is -0.137. The van der Waals surface area contributed by atoms with Gasteiger partial charge in [-0.05, 0) is 47.2 Å². The smallest absolute Gasteiger partial charge is 0.305 e. The highest BCUT2D eigenvalue weighted by molar-refractivity contribution is 5.81. The summed E-state index contributed by atoms with van der Waals surface area (Å²) in [5.41, 5.74) is 5.09. The lowest BCUT2D eigenvalue weighted by Crippen LogP contribution is -2.40. The monoisotopic (exact) mass is 536 g/mol. The van der Waals surface area contributed by atoms with Crippen LogP contribution < -0.4 is 10.9 Å². The average Bonchev–Trinajstić information content (AvgIpc) is 2.96. The third-order valence-electron chi connectivity index (χ3n) is 7.08. The van der Waals surface area contributed by atoms with Crippen LogP contribution in [0.15, 0.2) is 102 Å². The molecule has 0 aliphatic heterocycles. The number of pyridine rings is 1. The van der Waals surface area contributed by atoms with E-state index >= 15 is 0 Å². The molecule has 1 heterocycles. The molecule has 40 heavy (non-hydrogen) atoms. The number of nitrogens with one attached hydrogen (secondary N) is 1. The lowest BCUT2D eigenvalue weighted by Gasteiger charge is -2.25. The highest BCUT2D eigenvalue weighted by atomic mass is 16.4. The van der Waals surface area contributed by atoms with E-state index in [4.69, 9.17) is 0 Å². The molecule has 2 N–H and O–H groups in total. The number of carboxylic acid groups (broad SMARTS) is 1. The van der Waals surface area contributed by atoms with Crippen molar-refractivity contribution in [1.82, 2.24) is 9.88 Å². The maximum absolute atomic E-state index is 13.8. The van der Waals surface area contributed by atoms with E-state index in [1.54, 1.807) is 6.20 Å². The molecule has 0 spiro atoms. The highest BCUT2D eigenvalue weighted by Crippen LogP contribution is 2.25. The number of carbonyl (C=O) groups is 2. The first-order chi connectivity index (χ1) is 19.4. The zero-order valence-corrected chi connectivity index (χ0v) is 23.0. The molecule has 0 saturated heterocycles. The van der Waals surface area contributed by atoms with Gasteiger partial charge in [0.2, 0.25) is 5.91 Å². The van der Waals surface area contributed by atoms with E-state index in [2.05, 4.69) is 5.32 Å². The maximum atomic E-state index is 13.8. The van der Waals surface area contributed by atoms with Crippen molar-refractivity contribution in [2.24, 2.45) is 0 Å². The van der Waals surface area contributed by atoms with Gasteiger partial charge in [0, 0.05) is 18.2 Å². The van der Waals surface area contributed by atoms with E-state index in [-0.39, 0.29) is 17.9 Å². The van der Waals surface area contributed by atoms with Crippen molar-refractivity contribution in [3.8, 4) is 11.1 Å². The van der Waals surface area contributed by atoms with Gasteiger partial charge >= 0.3 is 5.97 Å². The Bertz CT molecular complexity index is 1480. The predicted molar refractivity (Wildman–Crippen MR) is 158 cm³/mol. The van der Waals surface area contributed by atoms with Crippen LogP contribution in [0.1, 0.15) is 66.9 Å². The third-order valence-corrected chi connectivity index (χ3v) is 7.08. The number of hydrogen-bond acceptors (Lipinski definition) is 3. The van der Waals surface area contributed by atoms with Crippen LogP contribution >= 0.6 is 0 Å². The van der Waals surface area contributed by atoms with Gasteiger partial charge in [0.15, 0.2) is 0 Å². The van der Waals surface area contributed by atoms with Crippen molar-refractivity contribution >= 4 is 11.9 Å². The number of unbranched alkanes of at least 4 members (excludes halogenated alkanes) is 1. The molecule has 206 valence electrons. The number of carbonyl (C=O) groups excluding carboxylic acids is 1. The van der Waals surface area contributed by atoms with Crippen LogP contribution in [-0.2, 0) is 16.0 Å². The average molecular weight is 537 g/mol. The molecule has 0 saturated carbocycles. The topological polar surface area (TPSA) is 88.4 Å². The minimum absolute atomic E-state index is 0.201. The Morgan fingerprint density at radius 3 is 2.15 bits per heavy atom. The van der Waals surface area contributed by atoms with E-state index in [1.807, 2.05) is 105 Å². The first-order valence-corrected chi connectivity index (χ1v) is 13.8. The molecule has 4 rings (SSSR count). The van der Waals surface area contributed by atoms with E-state index < -0.39 is 18.1 Å². The second-order valence-corrected chi connectivity index (χ2v) is 10.2. The molecule has 2 atom stereocenters. The molecule has 0 aliphatic carbocycles. The quantitative estimate of drug-likeness (QED) is 0.217. The van der Waals surface area contributed by atoms with Crippen LogP contribution in [0.3, 0.4) is 0 Å². The van der Waals surface area contributed by atoms with Gasteiger partial charge in [-0.25, -0.2) is 0 Å². The molecular weight excluding hydrogens is 500 g/mol. The first-order valence-electron chi connectivity index (χ1n) is 13.8. The van der Waals surface area contributed by atoms with Crippen molar-refractivity contribution in [1.29, 1.82) is 0 Å². The Labute approximate surface area is 235 Å². The van der Waals surface area contributed by atoms with Crippen LogP contribution in [-0.4, -0.2) is 21.6 Å². The molecule has 0 aliphatic rings. The zero-order valence-electron chi connectivity index (χ0n) is 23.0. The molecule has 6 nitrogen and oxygen atoms in total. The first kappa shape index (κ1) is 28.6. The number of rotatable bonds is 12. The summed E-state index contributed by atoms with van der Waals surface area (Å²) in [5, 5.41) is 12.6. The number of carboxylic acids is 1. The Morgan fingerprint density at radius 2 is 1.52 bits per heavy atom. The third kappa shape index (κ3) is 7.35. The molecule has 0 fully saturated rings. The van der Waals surface area contributed by atoms with Gasteiger partial charge in [0.1, 0.15) is 6.04 Å². The number of amides is 1. The van der Waals surface area contributed by atoms with Crippen molar-refractivity contribution in [3.63, 3.8) is 0 Å². The van der Waals surface area contributed by atoms with Crippen LogP contribution in [0, 0.1) is 6.92 Å². The minimum atomic E-state index is -1.01. The van der Waals surface area contributed by atoms with Gasteiger partial charge in [-0.1, -0.05) is 105 Å². The molecule has 0 unspecified atom stereocenters. The van der Waals surface area contributed by atoms with Crippen molar-refractivity contribution in [2.75, 3.05) is 0 Å². The summed E-state index contributed by atoms with van der Waals surface area (Å²) in [7, 11) is 0. The SMILES string of the molecule is CCCC[C@@H](C(=O)N[C@@H](CC(=O)O)c1ccc(-c2ccccc2)cc1)n1cc(C)cc(Cc2ccccc2)c1=O. The molecule has 0 radical (unpaired) electrons. The summed E-state index contributed by atoms with van der Waals surface area (Å²) in [5.74, 6) is -1.37. The zero-order chi connectivity index (χ0) is 28.5. The van der Waals surface area contributed by atoms with Crippen molar-refractivity contribution < 1.29 is 14.7 Å². The predicted octanol–water partition coefficient (Wildman–Crippen LogP) is 6.48. The van der Waals surface area contributed by atoms with E-state index in [0.717, 1.165) is 35.1 Å². The van der Waals surface area contributed by atoms with Gasteiger partial charge in [-0.3, -0.25) is 14.4 Å². The Kier molecular flexibility index (Phi) is 9.68. The summed E-state index contributed by atoms with van der Waals surface area (Å²) in [6.07, 6.45) is 4.03. The molecule has 1 aromatic heterocycles. The van der Waals surface area contributed by atoms with Crippen LogP contribution in [0.25, 0.3) is 11.1 Å². The van der Waals surface area contributed by atoms with Gasteiger partial charge in [0.25, 0.3) is 5.56 Å². The molecule has 6 heteroatoms. The van der Waals surface area contributed by atoms with E-state index in [0.29, 0.717) is 24.0 Å². The Balaban J connectivity index is 1.63. The number of hydrogen-bond donors (Lipinski definition) is 2. The largest absolute Gasteiger partial charge is 0.481 e. The fraction of sp³-hybridized carbons (Fsp3) is 0.265. The van der Waals surface area contributed by atoms with E-state index in [9.17, 15) is 19.5 Å². The standard InChI is InChI=1S/C34H36N2O4/c1-3-4-15-31(36-23-24(2)20-29(34(36)40)21-25-11-7-5-8-12-25)33(39)35-30(22-32(37)38)28-18-16-27(17-19-28)26-13-9-6-10-14-26/h5-14,16-20,23,30-31H,3-4,15,21-22H2,1-2H3,(H,35,39)(H,37,38)/t30-,31-/m0/s1. The van der Waals surface area contributed by atoms with Gasteiger partial charge in [-0.2, -0.15) is 0 Å². The molecule has 3 aromatic carbocycles. The second kappa shape index (κ2) is 13.6. The molecule has 0 bridgehead atoms. The normalized spacial score (nSPS) is 12.4. The maximum Gasteiger partial charge on any atom is 0.305 e. The fourth-order valence-electron chi connectivity index (χ4n) is 5.02. The summed E-state index contributed by atoms with van der Waals surface area (Å²) in [6.45, 7) is 3.96. The summed E-state index contributed by atoms with van der Waals surface area (Å²) >= 11 is 0. The van der Waals surface area contributed by atoms with Crippen molar-refractivity contribution in [2.45, 2.75) is 58.0 Å². The second-order valence-electron chi connectivity index (χ2n) is 10.2. The van der Waals surface area contributed by atoms with Gasteiger partial charge < -0.3 is 15.0 Å². The number of benzene rings is 3. The fourth-order valence-corrected chi connectivity index (χ4v) is 5.02. The van der Waals surface area contributed by atoms with Gasteiger partial charge in [-0.15, -0.1) is 0 Å². The molecule has 4 aromatic rings. The number of aryl methyl sites for hydroxylation is 1. The summed E-state index contributed by atoms with van der Waals surface area (Å²) in [4.78, 5) is 39.2. The molecular formula is C34H36N2O4.